The SMILES string of the molecule is CC(C)(N)C(=O)N1CCN(C(=O)Nc2ccn(-c3ccc(CCN4CCC5(CCC5N)CC4)cc3)c(=O)n2)CC1. The van der Waals surface area contributed by atoms with E-state index in [9.17, 15) is 14.4 Å². The van der Waals surface area contributed by atoms with Crippen molar-refractivity contribution >= 4 is 17.8 Å². The quantitative estimate of drug-likeness (QED) is 0.493. The molecule has 1 saturated carbocycles. The highest BCUT2D eigenvalue weighted by atomic mass is 16.2. The molecule has 1 unspecified atom stereocenters. The Balaban J connectivity index is 1.10. The van der Waals surface area contributed by atoms with Crippen molar-refractivity contribution in [2.75, 3.05) is 51.1 Å². The molecule has 0 bridgehead atoms. The first-order chi connectivity index (χ1) is 19.0. The van der Waals surface area contributed by atoms with Gasteiger partial charge in [0.1, 0.15) is 5.82 Å². The fourth-order valence-corrected chi connectivity index (χ4v) is 6.05. The van der Waals surface area contributed by atoms with Crippen LogP contribution in [0, 0.1) is 5.41 Å². The van der Waals surface area contributed by atoms with Crippen LogP contribution in [-0.2, 0) is 11.2 Å². The van der Waals surface area contributed by atoms with Crippen LogP contribution >= 0.6 is 0 Å². The van der Waals surface area contributed by atoms with Gasteiger partial charge >= 0.3 is 11.7 Å². The molecule has 40 heavy (non-hydrogen) atoms. The number of rotatable bonds is 6. The van der Waals surface area contributed by atoms with E-state index in [4.69, 9.17) is 11.5 Å². The smallest absolute Gasteiger partial charge is 0.338 e. The molecule has 1 atom stereocenters. The van der Waals surface area contributed by atoms with Crippen LogP contribution in [0.15, 0.2) is 41.3 Å². The molecule has 1 spiro atoms. The molecular weight excluding hydrogens is 508 g/mol. The maximum absolute atomic E-state index is 12.7. The average molecular weight is 551 g/mol. The highest BCUT2D eigenvalue weighted by Crippen LogP contribution is 2.47. The van der Waals surface area contributed by atoms with Crippen LogP contribution in [0.2, 0.25) is 0 Å². The standard InChI is InChI=1S/C29H42N8O3/c1-28(2,31)25(38)35-17-19-36(20-18-35)26(39)32-24-9-14-37(27(40)33-24)22-5-3-21(4-6-22)8-13-34-15-11-29(12-16-34)10-7-23(29)30/h3-6,9,14,23H,7-8,10-13,15-20,30-31H2,1-2H3,(H,32,33,39,40). The first kappa shape index (κ1) is 28.3. The zero-order valence-electron chi connectivity index (χ0n) is 23.6. The molecule has 1 aromatic carbocycles. The Morgan fingerprint density at radius 3 is 2.20 bits per heavy atom. The van der Waals surface area contributed by atoms with Gasteiger partial charge in [-0.05, 0) is 88.2 Å². The first-order valence-electron chi connectivity index (χ1n) is 14.4. The van der Waals surface area contributed by atoms with E-state index in [-0.39, 0.29) is 17.8 Å². The van der Waals surface area contributed by atoms with Crippen molar-refractivity contribution < 1.29 is 9.59 Å². The number of amides is 3. The van der Waals surface area contributed by atoms with Crippen molar-refractivity contribution in [3.8, 4) is 5.69 Å². The summed E-state index contributed by atoms with van der Waals surface area (Å²) in [6.45, 7) is 8.19. The van der Waals surface area contributed by atoms with Crippen LogP contribution < -0.4 is 22.5 Å². The maximum atomic E-state index is 12.7. The zero-order valence-corrected chi connectivity index (χ0v) is 23.6. The van der Waals surface area contributed by atoms with Gasteiger partial charge in [-0.3, -0.25) is 14.7 Å². The van der Waals surface area contributed by atoms with Crippen molar-refractivity contribution in [3.05, 3.63) is 52.6 Å². The second kappa shape index (κ2) is 11.3. The topological polar surface area (TPSA) is 143 Å². The molecule has 216 valence electrons. The number of nitrogens with zero attached hydrogens (tertiary/aromatic N) is 5. The third-order valence-corrected chi connectivity index (χ3v) is 8.97. The molecule has 0 radical (unpaired) electrons. The van der Waals surface area contributed by atoms with E-state index < -0.39 is 11.2 Å². The normalized spacial score (nSPS) is 21.2. The largest absolute Gasteiger partial charge is 0.354 e. The number of likely N-dealkylation sites (tertiary alicyclic amines) is 1. The minimum absolute atomic E-state index is 0.139. The molecule has 1 aromatic heterocycles. The average Bonchev–Trinajstić information content (AvgIpc) is 2.95. The van der Waals surface area contributed by atoms with Gasteiger partial charge in [-0.15, -0.1) is 0 Å². The highest BCUT2D eigenvalue weighted by Gasteiger charge is 2.45. The van der Waals surface area contributed by atoms with E-state index in [0.29, 0.717) is 37.6 Å². The fraction of sp³-hybridized carbons (Fsp3) is 0.586. The van der Waals surface area contributed by atoms with Crippen LogP contribution in [0.5, 0.6) is 0 Å². The Kier molecular flexibility index (Phi) is 7.98. The lowest BCUT2D eigenvalue weighted by Gasteiger charge is -2.52. The lowest BCUT2D eigenvalue weighted by molar-refractivity contribution is -0.137. The van der Waals surface area contributed by atoms with Crippen molar-refractivity contribution in [1.82, 2.24) is 24.3 Å². The molecule has 3 heterocycles. The number of nitrogens with one attached hydrogen (secondary N) is 1. The van der Waals surface area contributed by atoms with E-state index in [1.807, 2.05) is 12.1 Å². The van der Waals surface area contributed by atoms with Gasteiger partial charge in [-0.1, -0.05) is 12.1 Å². The first-order valence-corrected chi connectivity index (χ1v) is 14.4. The van der Waals surface area contributed by atoms with Gasteiger partial charge in [-0.25, -0.2) is 9.59 Å². The molecule has 1 aliphatic carbocycles. The summed E-state index contributed by atoms with van der Waals surface area (Å²) in [7, 11) is 0. The van der Waals surface area contributed by atoms with Crippen LogP contribution in [0.1, 0.15) is 45.1 Å². The van der Waals surface area contributed by atoms with Crippen LogP contribution in [-0.4, -0.2) is 93.6 Å². The number of nitrogens with two attached hydrogens (primary N) is 2. The van der Waals surface area contributed by atoms with E-state index in [1.54, 1.807) is 35.9 Å². The number of anilines is 1. The summed E-state index contributed by atoms with van der Waals surface area (Å²) in [6, 6.07) is 9.63. The van der Waals surface area contributed by atoms with Gasteiger partial charge in [0.05, 0.1) is 11.2 Å². The molecule has 3 fully saturated rings. The molecule has 5 N–H and O–H groups in total. The highest BCUT2D eigenvalue weighted by molar-refractivity contribution is 5.89. The van der Waals surface area contributed by atoms with Crippen molar-refractivity contribution in [2.45, 2.75) is 57.5 Å². The van der Waals surface area contributed by atoms with Gasteiger partial charge in [0, 0.05) is 45.0 Å². The molecule has 3 aliphatic rings. The summed E-state index contributed by atoms with van der Waals surface area (Å²) in [5.74, 6) is 0.0517. The number of benzene rings is 1. The second-order valence-electron chi connectivity index (χ2n) is 12.2. The Hall–Kier alpha value is -3.28. The molecule has 11 nitrogen and oxygen atoms in total. The predicted octanol–water partition coefficient (Wildman–Crippen LogP) is 1.39. The number of carbonyl (C=O) groups excluding carboxylic acids is 2. The van der Waals surface area contributed by atoms with Crippen LogP contribution in [0.25, 0.3) is 5.69 Å². The molecule has 3 amide bonds. The van der Waals surface area contributed by atoms with Gasteiger partial charge in [0.25, 0.3) is 0 Å². The Bertz CT molecular complexity index is 1270. The molecule has 2 aliphatic heterocycles. The van der Waals surface area contributed by atoms with E-state index in [1.165, 1.54) is 35.8 Å². The minimum Gasteiger partial charge on any atom is -0.338 e. The van der Waals surface area contributed by atoms with E-state index >= 15 is 0 Å². The number of carbonyl (C=O) groups is 2. The molecular formula is C29H42N8O3. The Morgan fingerprint density at radius 1 is 1.00 bits per heavy atom. The van der Waals surface area contributed by atoms with Gasteiger partial charge < -0.3 is 26.2 Å². The summed E-state index contributed by atoms with van der Waals surface area (Å²) in [5, 5.41) is 2.70. The number of hydrogen-bond donors (Lipinski definition) is 3. The summed E-state index contributed by atoms with van der Waals surface area (Å²) in [6.07, 6.45) is 7.48. The number of urea groups is 1. The van der Waals surface area contributed by atoms with E-state index in [2.05, 4.69) is 27.3 Å². The summed E-state index contributed by atoms with van der Waals surface area (Å²) < 4.78 is 1.46. The van der Waals surface area contributed by atoms with Crippen molar-refractivity contribution in [2.24, 2.45) is 16.9 Å². The Morgan fingerprint density at radius 2 is 1.65 bits per heavy atom. The number of piperidine rings is 1. The molecule has 2 aromatic rings. The van der Waals surface area contributed by atoms with Crippen LogP contribution in [0.3, 0.4) is 0 Å². The third kappa shape index (κ3) is 6.06. The van der Waals surface area contributed by atoms with E-state index in [0.717, 1.165) is 31.7 Å². The molecule has 11 heteroatoms. The third-order valence-electron chi connectivity index (χ3n) is 8.97. The minimum atomic E-state index is -0.944. The molecule has 5 rings (SSSR count). The maximum Gasteiger partial charge on any atom is 0.354 e. The number of aromatic nitrogens is 2. The van der Waals surface area contributed by atoms with Crippen molar-refractivity contribution in [3.63, 3.8) is 0 Å². The summed E-state index contributed by atoms with van der Waals surface area (Å²) >= 11 is 0. The lowest BCUT2D eigenvalue weighted by atomic mass is 9.60. The van der Waals surface area contributed by atoms with Gasteiger partial charge in [0.2, 0.25) is 5.91 Å². The predicted molar refractivity (Wildman–Crippen MR) is 154 cm³/mol. The second-order valence-corrected chi connectivity index (χ2v) is 12.2. The van der Waals surface area contributed by atoms with Gasteiger partial charge in [-0.2, -0.15) is 4.98 Å². The van der Waals surface area contributed by atoms with Crippen molar-refractivity contribution in [1.29, 1.82) is 0 Å². The van der Waals surface area contributed by atoms with Crippen LogP contribution in [0.4, 0.5) is 10.6 Å². The number of hydrogen-bond acceptors (Lipinski definition) is 7. The zero-order chi connectivity index (χ0) is 28.5. The summed E-state index contributed by atoms with van der Waals surface area (Å²) in [4.78, 5) is 47.7. The Labute approximate surface area is 235 Å². The summed E-state index contributed by atoms with van der Waals surface area (Å²) in [5.41, 5.74) is 13.1. The van der Waals surface area contributed by atoms with Gasteiger partial charge in [0.15, 0.2) is 0 Å². The monoisotopic (exact) mass is 550 g/mol. The lowest BCUT2D eigenvalue weighted by Crippen LogP contribution is -2.58. The molecule has 2 saturated heterocycles. The fourth-order valence-electron chi connectivity index (χ4n) is 6.05. The number of piperazine rings is 1.